The maximum Gasteiger partial charge on any atom is 0.332 e. The standard InChI is InChI=1S/C36H48O4/c1-23(21-32(37)33(38)39)29-15-16-30-28-14-13-27-22-36(40,20-19-34(27,2)31(28)17-18-35(29,30)3)26-11-9-25(10-12-26)24-7-5-4-6-8-24/h4-12,23,27-32,37,40H,13-22H2,1-3H3,(H,38,39)/t23-,27-,28+,29-,30+,31+,32?,34+,35-,36+/m1/s1. The lowest BCUT2D eigenvalue weighted by Crippen LogP contribution is -2.55. The summed E-state index contributed by atoms with van der Waals surface area (Å²) >= 11 is 0. The van der Waals surface area contributed by atoms with E-state index in [0.29, 0.717) is 30.1 Å². The molecule has 4 aliphatic carbocycles. The van der Waals surface area contributed by atoms with E-state index in [1.54, 1.807) is 0 Å². The molecule has 0 radical (unpaired) electrons. The third-order valence-electron chi connectivity index (χ3n) is 12.9. The maximum atomic E-state index is 12.0. The third kappa shape index (κ3) is 4.54. The highest BCUT2D eigenvalue weighted by Crippen LogP contribution is 2.69. The van der Waals surface area contributed by atoms with Gasteiger partial charge in [0.2, 0.25) is 0 Å². The molecule has 1 unspecified atom stereocenters. The highest BCUT2D eigenvalue weighted by molar-refractivity contribution is 5.71. The summed E-state index contributed by atoms with van der Waals surface area (Å²) in [6.07, 6.45) is 9.23. The molecule has 0 bridgehead atoms. The molecule has 0 heterocycles. The van der Waals surface area contributed by atoms with Crippen LogP contribution in [-0.4, -0.2) is 27.4 Å². The van der Waals surface area contributed by atoms with Crippen LogP contribution in [0.15, 0.2) is 54.6 Å². The van der Waals surface area contributed by atoms with Gasteiger partial charge in [-0.2, -0.15) is 0 Å². The average molecular weight is 545 g/mol. The van der Waals surface area contributed by atoms with E-state index < -0.39 is 17.7 Å². The number of aliphatic hydroxyl groups is 2. The Morgan fingerprint density at radius 3 is 2.23 bits per heavy atom. The molecule has 6 rings (SSSR count). The first-order valence-electron chi connectivity index (χ1n) is 15.8. The van der Waals surface area contributed by atoms with E-state index in [0.717, 1.165) is 37.2 Å². The van der Waals surface area contributed by atoms with Gasteiger partial charge in [0.05, 0.1) is 5.60 Å². The first kappa shape index (κ1) is 28.0. The van der Waals surface area contributed by atoms with Crippen molar-refractivity contribution in [2.24, 2.45) is 46.3 Å². The largest absolute Gasteiger partial charge is 0.479 e. The zero-order chi connectivity index (χ0) is 28.3. The number of aliphatic carboxylic acids is 1. The van der Waals surface area contributed by atoms with Crippen molar-refractivity contribution in [3.8, 4) is 11.1 Å². The Labute approximate surface area is 240 Å². The third-order valence-corrected chi connectivity index (χ3v) is 12.9. The van der Waals surface area contributed by atoms with Crippen LogP contribution in [0.1, 0.15) is 90.5 Å². The minimum Gasteiger partial charge on any atom is -0.479 e. The fourth-order valence-corrected chi connectivity index (χ4v) is 10.7. The van der Waals surface area contributed by atoms with E-state index in [4.69, 9.17) is 0 Å². The maximum absolute atomic E-state index is 12.0. The number of rotatable bonds is 6. The molecule has 2 aromatic carbocycles. The van der Waals surface area contributed by atoms with Crippen molar-refractivity contribution in [1.29, 1.82) is 0 Å². The van der Waals surface area contributed by atoms with Crippen molar-refractivity contribution in [2.45, 2.75) is 96.7 Å². The molecule has 40 heavy (non-hydrogen) atoms. The van der Waals surface area contributed by atoms with Gasteiger partial charge in [-0.1, -0.05) is 75.4 Å². The van der Waals surface area contributed by atoms with Crippen LogP contribution in [0.4, 0.5) is 0 Å². The number of aliphatic hydroxyl groups excluding tert-OH is 1. The topological polar surface area (TPSA) is 77.8 Å². The van der Waals surface area contributed by atoms with Crippen molar-refractivity contribution in [2.75, 3.05) is 0 Å². The molecule has 4 fully saturated rings. The summed E-state index contributed by atoms with van der Waals surface area (Å²) in [7, 11) is 0. The minimum atomic E-state index is -1.25. The molecule has 0 aliphatic heterocycles. The molecular formula is C36H48O4. The summed E-state index contributed by atoms with van der Waals surface area (Å²) in [5, 5.41) is 31.3. The second-order valence-electron chi connectivity index (χ2n) is 14.6. The van der Waals surface area contributed by atoms with Gasteiger partial charge >= 0.3 is 5.97 Å². The molecule has 4 heteroatoms. The van der Waals surface area contributed by atoms with Gasteiger partial charge < -0.3 is 15.3 Å². The van der Waals surface area contributed by atoms with E-state index in [1.165, 1.54) is 43.2 Å². The predicted octanol–water partition coefficient (Wildman–Crippen LogP) is 7.67. The number of fused-ring (bicyclic) bond motifs is 5. The van der Waals surface area contributed by atoms with E-state index in [9.17, 15) is 20.1 Å². The van der Waals surface area contributed by atoms with E-state index in [2.05, 4.69) is 69.3 Å². The molecule has 0 aromatic heterocycles. The lowest BCUT2D eigenvalue weighted by molar-refractivity contribution is -0.156. The normalized spacial score (nSPS) is 40.4. The van der Waals surface area contributed by atoms with Crippen LogP contribution in [0.5, 0.6) is 0 Å². The predicted molar refractivity (Wildman–Crippen MR) is 158 cm³/mol. The molecule has 4 saturated carbocycles. The molecule has 4 aliphatic rings. The fraction of sp³-hybridized carbons (Fsp3) is 0.639. The number of hydrogen-bond acceptors (Lipinski definition) is 3. The second kappa shape index (κ2) is 10.3. The van der Waals surface area contributed by atoms with Crippen molar-refractivity contribution in [3.63, 3.8) is 0 Å². The smallest absolute Gasteiger partial charge is 0.332 e. The number of hydrogen-bond donors (Lipinski definition) is 3. The van der Waals surface area contributed by atoms with Crippen LogP contribution in [0.3, 0.4) is 0 Å². The average Bonchev–Trinajstić information content (AvgIpc) is 3.31. The van der Waals surface area contributed by atoms with Gasteiger partial charge in [-0.3, -0.25) is 0 Å². The fourth-order valence-electron chi connectivity index (χ4n) is 10.7. The Bertz CT molecular complexity index is 1210. The van der Waals surface area contributed by atoms with Crippen LogP contribution in [-0.2, 0) is 10.4 Å². The van der Waals surface area contributed by atoms with E-state index >= 15 is 0 Å². The summed E-state index contributed by atoms with van der Waals surface area (Å²) in [6.45, 7) is 7.21. The van der Waals surface area contributed by atoms with Gasteiger partial charge in [-0.15, -0.1) is 0 Å². The van der Waals surface area contributed by atoms with Crippen molar-refractivity contribution in [3.05, 3.63) is 60.2 Å². The Balaban J connectivity index is 1.16. The Kier molecular flexibility index (Phi) is 7.19. The van der Waals surface area contributed by atoms with Gasteiger partial charge in [0.1, 0.15) is 0 Å². The SMILES string of the molecule is C[C@H](CC(O)C(=O)O)[C@H]1CC[C@H]2[C@@H]3CC[C@@H]4C[C@](O)(c5ccc(-c6ccccc6)cc5)CC[C@]4(C)[C@H]3CC[C@]12C. The first-order valence-corrected chi connectivity index (χ1v) is 15.8. The number of carbonyl (C=O) groups is 1. The summed E-state index contributed by atoms with van der Waals surface area (Å²) < 4.78 is 0. The quantitative estimate of drug-likeness (QED) is 0.349. The van der Waals surface area contributed by atoms with Crippen molar-refractivity contribution < 1.29 is 20.1 Å². The summed E-state index contributed by atoms with van der Waals surface area (Å²) in [5.74, 6) is 2.32. The highest BCUT2D eigenvalue weighted by atomic mass is 16.4. The summed E-state index contributed by atoms with van der Waals surface area (Å²) in [6, 6.07) is 19.1. The molecule has 10 atom stereocenters. The monoisotopic (exact) mass is 544 g/mol. The summed E-state index contributed by atoms with van der Waals surface area (Å²) in [5.41, 5.74) is 3.27. The molecule has 0 spiro atoms. The van der Waals surface area contributed by atoms with E-state index in [1.807, 2.05) is 6.07 Å². The van der Waals surface area contributed by atoms with Crippen LogP contribution in [0, 0.1) is 46.3 Å². The number of carboxylic acid groups (broad SMARTS) is 1. The first-order chi connectivity index (χ1) is 19.0. The number of carboxylic acids is 1. The Morgan fingerprint density at radius 2 is 1.52 bits per heavy atom. The molecule has 2 aromatic rings. The second-order valence-corrected chi connectivity index (χ2v) is 14.6. The Hall–Kier alpha value is -2.17. The Morgan fingerprint density at radius 1 is 0.850 bits per heavy atom. The van der Waals surface area contributed by atoms with Crippen molar-refractivity contribution >= 4 is 5.97 Å². The van der Waals surface area contributed by atoms with Crippen molar-refractivity contribution in [1.82, 2.24) is 0 Å². The molecule has 4 nitrogen and oxygen atoms in total. The molecule has 3 N–H and O–H groups in total. The molecule has 0 saturated heterocycles. The number of benzene rings is 2. The van der Waals surface area contributed by atoms with E-state index in [-0.39, 0.29) is 16.7 Å². The minimum absolute atomic E-state index is 0.225. The van der Waals surface area contributed by atoms with Crippen LogP contribution in [0.2, 0.25) is 0 Å². The van der Waals surface area contributed by atoms with Crippen LogP contribution < -0.4 is 0 Å². The van der Waals surface area contributed by atoms with Gasteiger partial charge in [0.25, 0.3) is 0 Å². The molecular weight excluding hydrogens is 496 g/mol. The van der Waals surface area contributed by atoms with Gasteiger partial charge in [-0.05, 0) is 127 Å². The molecule has 216 valence electrons. The lowest BCUT2D eigenvalue weighted by atomic mass is 9.43. The van der Waals surface area contributed by atoms with Gasteiger partial charge in [0, 0.05) is 0 Å². The highest BCUT2D eigenvalue weighted by Gasteiger charge is 2.61. The lowest BCUT2D eigenvalue weighted by Gasteiger charge is -2.62. The van der Waals surface area contributed by atoms with Crippen LogP contribution in [0.25, 0.3) is 11.1 Å². The van der Waals surface area contributed by atoms with Crippen LogP contribution >= 0.6 is 0 Å². The molecule has 0 amide bonds. The summed E-state index contributed by atoms with van der Waals surface area (Å²) in [4.78, 5) is 11.3. The van der Waals surface area contributed by atoms with Gasteiger partial charge in [0.15, 0.2) is 6.10 Å². The zero-order valence-electron chi connectivity index (χ0n) is 24.6. The zero-order valence-corrected chi connectivity index (χ0v) is 24.6. The van der Waals surface area contributed by atoms with Gasteiger partial charge in [-0.25, -0.2) is 4.79 Å².